The molecule has 0 saturated carbocycles. The van der Waals surface area contributed by atoms with E-state index in [4.69, 9.17) is 28.4 Å². The molecule has 93 heavy (non-hydrogen) atoms. The minimum Gasteiger partial charge on any atom is -0.508 e. The molecular weight excluding hydrogens is 1230 g/mol. The Bertz CT molecular complexity index is 4840. The highest BCUT2D eigenvalue weighted by atomic mass is 16.6. The summed E-state index contributed by atoms with van der Waals surface area (Å²) < 4.78 is 36.8. The van der Waals surface area contributed by atoms with Crippen molar-refractivity contribution in [2.75, 3.05) is 0 Å². The van der Waals surface area contributed by atoms with E-state index in [-0.39, 0.29) is 61.8 Å². The van der Waals surface area contributed by atoms with Gasteiger partial charge < -0.3 is 115 Å². The molecule has 0 spiro atoms. The summed E-state index contributed by atoms with van der Waals surface area (Å²) in [6.07, 6.45) is -12.0. The van der Waals surface area contributed by atoms with Crippen LogP contribution in [0.15, 0.2) is 107 Å². The highest BCUT2D eigenvalue weighted by molar-refractivity contribution is 6.00. The molecule has 0 aliphatic carbocycles. The van der Waals surface area contributed by atoms with Crippen LogP contribution in [0.4, 0.5) is 0 Å². The van der Waals surface area contributed by atoms with E-state index in [9.17, 15) is 106 Å². The van der Waals surface area contributed by atoms with Gasteiger partial charge in [0.15, 0.2) is 81.6 Å². The molecule has 0 bridgehead atoms. The molecule has 9 aromatic rings. The van der Waals surface area contributed by atoms with Crippen LogP contribution in [0.2, 0.25) is 0 Å². The van der Waals surface area contributed by atoms with Crippen molar-refractivity contribution in [1.29, 1.82) is 0 Å². The molecule has 17 N–H and O–H groups in total. The predicted octanol–water partition coefficient (Wildman–Crippen LogP) is 6.72. The van der Waals surface area contributed by atoms with E-state index < -0.39 is 215 Å². The first-order valence-electron chi connectivity index (χ1n) is 27.6. The maximum Gasteiger partial charge on any atom is 0.338 e. The van der Waals surface area contributed by atoms with Crippen LogP contribution in [-0.2, 0) is 33.5 Å². The SMILES string of the molecule is Cc1cc(C(=O)O[C@H]2Cc3c(O)cc(O)cc3O[C@@H]2c2cc(O)c(O)c3c(=O)c(O)cc(C(=O)O[C@@H]4Cc5c(O)cc(O)cc5O[C@@H]4c4cc(O)c(=O)c5c(O)c(O)cc([C@H]6Oc7cc(O)cc(O)c7C[C@H]6OC(=O)c6cc(O)c(O)c(O)c6)c5c4)cc23)cc(O)c1O. The molecule has 28 nitrogen and oxygen atoms in total. The van der Waals surface area contributed by atoms with E-state index in [1.165, 1.54) is 13.0 Å². The van der Waals surface area contributed by atoms with Gasteiger partial charge >= 0.3 is 17.9 Å². The lowest BCUT2D eigenvalue weighted by molar-refractivity contribution is -0.0193. The van der Waals surface area contributed by atoms with E-state index in [2.05, 4.69) is 0 Å². The van der Waals surface area contributed by atoms with Crippen LogP contribution in [-0.4, -0.2) is 123 Å². The normalized spacial score (nSPS) is 17.9. The molecule has 28 heteroatoms. The Morgan fingerprint density at radius 3 is 1.11 bits per heavy atom. The van der Waals surface area contributed by atoms with Crippen LogP contribution in [0.25, 0.3) is 21.5 Å². The van der Waals surface area contributed by atoms with Gasteiger partial charge in [-0.25, -0.2) is 14.4 Å². The lowest BCUT2D eigenvalue weighted by atomic mass is 9.89. The van der Waals surface area contributed by atoms with E-state index in [1.807, 2.05) is 0 Å². The van der Waals surface area contributed by atoms with Gasteiger partial charge in [0.05, 0.1) is 27.5 Å². The molecule has 0 fully saturated rings. The average Bonchev–Trinajstić information content (AvgIpc) is 1.75. The predicted molar refractivity (Wildman–Crippen MR) is 315 cm³/mol. The highest BCUT2D eigenvalue weighted by Crippen LogP contribution is 2.51. The Balaban J connectivity index is 0.997. The van der Waals surface area contributed by atoms with Crippen molar-refractivity contribution in [3.8, 4) is 115 Å². The molecule has 3 aliphatic heterocycles. The van der Waals surface area contributed by atoms with Gasteiger partial charge in [0.1, 0.15) is 70.1 Å². The smallest absolute Gasteiger partial charge is 0.338 e. The van der Waals surface area contributed by atoms with Gasteiger partial charge in [-0.05, 0) is 83.9 Å². The number of aryl methyl sites for hydroxylation is 1. The van der Waals surface area contributed by atoms with Crippen LogP contribution in [0.5, 0.6) is 115 Å². The maximum atomic E-state index is 15.1. The lowest BCUT2D eigenvalue weighted by Gasteiger charge is -2.35. The van der Waals surface area contributed by atoms with Crippen LogP contribution in [0.1, 0.15) is 88.3 Å². The van der Waals surface area contributed by atoms with Gasteiger partial charge in [-0.3, -0.25) is 9.59 Å². The third kappa shape index (κ3) is 10.6. The van der Waals surface area contributed by atoms with E-state index in [0.717, 1.165) is 84.9 Å². The van der Waals surface area contributed by atoms with Crippen molar-refractivity contribution < 1.29 is 130 Å². The third-order valence-electron chi connectivity index (χ3n) is 16.1. The summed E-state index contributed by atoms with van der Waals surface area (Å²) in [5.41, 5.74) is -5.72. The van der Waals surface area contributed by atoms with Gasteiger partial charge in [0, 0.05) is 89.0 Å². The number of carbonyl (C=O) groups excluding carboxylic acids is 3. The number of benzene rings is 7. The first-order chi connectivity index (χ1) is 44.0. The van der Waals surface area contributed by atoms with Gasteiger partial charge in [-0.15, -0.1) is 0 Å². The standard InChI is InChI=1S/C65H48O28/c1-21-2-23(6-39(72)54(21)79)63(85)92-50-19-34-37(70)11-28(68)15-48(34)90-62(50)32-17-45(78)59(84)53-30(32)4-24(7-43(76)57(53)82)64(86)91-49-18-33-36(69)10-26(66)13-46(33)88-60(49)22-3-29-31(16-44(77)58(83)52(29)56(81)42(75)5-22)61-51(20-35-38(71)12-27(67)14-47(35)89-61)93-65(87)25-8-40(73)55(80)41(74)9-25/h2-17,49-51,60-62,66-74,77-80,83-84H,18-20H2,1H3,(H,75,81)(H,76,82)/t49-,50+,51-,60-,61-,62-/m1/s1. The fraction of sp³-hybridized carbons (Fsp3) is 0.154. The quantitative estimate of drug-likeness (QED) is 0.0405. The molecular formula is C65H48O28. The zero-order valence-electron chi connectivity index (χ0n) is 47.4. The monoisotopic (exact) mass is 1280 g/mol. The summed E-state index contributed by atoms with van der Waals surface area (Å²) in [7, 11) is 0. The molecule has 0 amide bonds. The number of phenolic OH excluding ortho intramolecular Hbond substituents is 15. The first kappa shape index (κ1) is 60.5. The lowest BCUT2D eigenvalue weighted by Crippen LogP contribution is -2.35. The first-order valence-corrected chi connectivity index (χ1v) is 27.6. The fourth-order valence-electron chi connectivity index (χ4n) is 11.7. The highest BCUT2D eigenvalue weighted by Gasteiger charge is 2.43. The number of rotatable bonds is 9. The van der Waals surface area contributed by atoms with Gasteiger partial charge in [0.25, 0.3) is 0 Å². The van der Waals surface area contributed by atoms with Gasteiger partial charge in [-0.2, -0.15) is 0 Å². The molecule has 0 unspecified atom stereocenters. The molecule has 476 valence electrons. The number of carbonyl (C=O) groups is 3. The van der Waals surface area contributed by atoms with Gasteiger partial charge in [-0.1, -0.05) is 0 Å². The van der Waals surface area contributed by atoms with Crippen molar-refractivity contribution in [3.05, 3.63) is 173 Å². The molecule has 0 saturated heterocycles. The summed E-state index contributed by atoms with van der Waals surface area (Å²) in [6.45, 7) is 1.37. The summed E-state index contributed by atoms with van der Waals surface area (Å²) in [5, 5.41) is 182. The van der Waals surface area contributed by atoms with Crippen molar-refractivity contribution in [1.82, 2.24) is 0 Å². The summed E-state index contributed by atoms with van der Waals surface area (Å²) in [6, 6.07) is 14.5. The Kier molecular flexibility index (Phi) is 14.6. The number of esters is 3. The number of hydrogen-bond acceptors (Lipinski definition) is 28. The molecule has 3 aliphatic rings. The molecule has 9 aromatic carbocycles. The number of fused-ring (bicyclic) bond motifs is 5. The maximum absolute atomic E-state index is 15.1. The number of phenols is 15. The van der Waals surface area contributed by atoms with Crippen molar-refractivity contribution in [3.63, 3.8) is 0 Å². The van der Waals surface area contributed by atoms with Crippen molar-refractivity contribution in [2.24, 2.45) is 0 Å². The molecule has 0 aromatic heterocycles. The van der Waals surface area contributed by atoms with E-state index >= 15 is 4.79 Å². The summed E-state index contributed by atoms with van der Waals surface area (Å²) in [4.78, 5) is 71.6. The van der Waals surface area contributed by atoms with Crippen LogP contribution in [0.3, 0.4) is 0 Å². The van der Waals surface area contributed by atoms with Crippen LogP contribution < -0.4 is 25.1 Å². The number of aromatic hydroxyl groups is 17. The van der Waals surface area contributed by atoms with Crippen LogP contribution >= 0.6 is 0 Å². The Morgan fingerprint density at radius 2 is 0.688 bits per heavy atom. The molecule has 0 radical (unpaired) electrons. The van der Waals surface area contributed by atoms with Crippen molar-refractivity contribution in [2.45, 2.75) is 62.8 Å². The van der Waals surface area contributed by atoms with E-state index in [0.29, 0.717) is 6.07 Å². The Hall–Kier alpha value is -12.8. The minimum atomic E-state index is -1.84. The Labute approximate surface area is 518 Å². The molecule has 6 atom stereocenters. The second-order valence-electron chi connectivity index (χ2n) is 22.1. The summed E-state index contributed by atoms with van der Waals surface area (Å²) >= 11 is 0. The van der Waals surface area contributed by atoms with Crippen LogP contribution in [0, 0.1) is 6.92 Å². The number of hydrogen-bond donors (Lipinski definition) is 17. The second kappa shape index (κ2) is 22.4. The topological polar surface area (TPSA) is 485 Å². The molecule has 3 heterocycles. The zero-order valence-corrected chi connectivity index (χ0v) is 47.4. The third-order valence-corrected chi connectivity index (χ3v) is 16.1. The van der Waals surface area contributed by atoms with Crippen molar-refractivity contribution >= 4 is 39.5 Å². The fourth-order valence-corrected chi connectivity index (χ4v) is 11.7. The zero-order chi connectivity index (χ0) is 66.7. The average molecular weight is 1280 g/mol. The van der Waals surface area contributed by atoms with E-state index in [1.54, 1.807) is 0 Å². The largest absolute Gasteiger partial charge is 0.508 e. The molecule has 12 rings (SSSR count). The second-order valence-corrected chi connectivity index (χ2v) is 22.1. The Morgan fingerprint density at radius 1 is 0.355 bits per heavy atom. The van der Waals surface area contributed by atoms with Gasteiger partial charge in [0.2, 0.25) is 10.9 Å². The summed E-state index contributed by atoms with van der Waals surface area (Å²) in [5.74, 6) is -19.0. The number of ether oxygens (including phenoxy) is 6. The minimum absolute atomic E-state index is 0.0360.